The number of alkyl halides is 1. The van der Waals surface area contributed by atoms with Gasteiger partial charge in [0.15, 0.2) is 5.67 Å². The van der Waals surface area contributed by atoms with Crippen molar-refractivity contribution in [2.45, 2.75) is 60.1 Å². The molecule has 0 aromatic heterocycles. The zero-order valence-corrected chi connectivity index (χ0v) is 11.9. The number of nitrogens with one attached hydrogen (secondary N) is 1. The highest BCUT2D eigenvalue weighted by molar-refractivity contribution is 5.87. The van der Waals surface area contributed by atoms with E-state index >= 15 is 0 Å². The van der Waals surface area contributed by atoms with Gasteiger partial charge in [-0.25, -0.2) is 4.39 Å². The highest BCUT2D eigenvalue weighted by Crippen LogP contribution is 2.39. The Bertz CT molecular complexity index is 230. The van der Waals surface area contributed by atoms with Gasteiger partial charge in [-0.1, -0.05) is 34.6 Å². The molecule has 1 saturated carbocycles. The fourth-order valence-electron chi connectivity index (χ4n) is 0.841. The van der Waals surface area contributed by atoms with E-state index in [1.54, 1.807) is 0 Å². The first kappa shape index (κ1) is 18.4. The molecule has 1 amide bonds. The number of halogens is 1. The molecule has 0 radical (unpaired) electrons. The summed E-state index contributed by atoms with van der Waals surface area (Å²) in [7, 11) is 0. The van der Waals surface area contributed by atoms with Crippen molar-refractivity contribution in [2.75, 3.05) is 6.54 Å². The van der Waals surface area contributed by atoms with Crippen LogP contribution >= 0.6 is 0 Å². The van der Waals surface area contributed by atoms with Gasteiger partial charge in [0, 0.05) is 6.54 Å². The minimum absolute atomic E-state index is 0.0287. The first-order valence-corrected chi connectivity index (χ1v) is 6.12. The summed E-state index contributed by atoms with van der Waals surface area (Å²) in [6.45, 7) is 12.0. The van der Waals surface area contributed by atoms with Crippen LogP contribution in [0.25, 0.3) is 0 Å². The summed E-state index contributed by atoms with van der Waals surface area (Å²) in [6.07, 6.45) is 1.53. The van der Waals surface area contributed by atoms with Crippen molar-refractivity contribution in [1.29, 1.82) is 0 Å². The average Bonchev–Trinajstić information content (AvgIpc) is 2.97. The molecule has 0 saturated heterocycles. The van der Waals surface area contributed by atoms with Crippen molar-refractivity contribution >= 4 is 12.2 Å². The molecular formula is C13H26FNO2. The zero-order chi connectivity index (χ0) is 14.1. The molecule has 3 nitrogen and oxygen atoms in total. The first-order valence-electron chi connectivity index (χ1n) is 6.12. The van der Waals surface area contributed by atoms with Crippen molar-refractivity contribution in [1.82, 2.24) is 5.32 Å². The SMILES string of the molecule is CC.CC(C)(C)CNC(=O)C1(F)CC1.CC=O. The van der Waals surface area contributed by atoms with E-state index < -0.39 is 11.6 Å². The van der Waals surface area contributed by atoms with Crippen LogP contribution in [-0.2, 0) is 9.59 Å². The lowest BCUT2D eigenvalue weighted by molar-refractivity contribution is -0.127. The summed E-state index contributed by atoms with van der Waals surface area (Å²) >= 11 is 0. The number of hydrogen-bond donors (Lipinski definition) is 1. The molecule has 1 aliphatic rings. The largest absolute Gasteiger partial charge is 0.353 e. The van der Waals surface area contributed by atoms with Crippen LogP contribution in [0.4, 0.5) is 4.39 Å². The van der Waals surface area contributed by atoms with Crippen molar-refractivity contribution in [2.24, 2.45) is 5.41 Å². The summed E-state index contributed by atoms with van der Waals surface area (Å²) in [5.74, 6) is -0.433. The van der Waals surface area contributed by atoms with Crippen LogP contribution in [0.1, 0.15) is 54.4 Å². The van der Waals surface area contributed by atoms with Crippen LogP contribution in [0.15, 0.2) is 0 Å². The van der Waals surface area contributed by atoms with Gasteiger partial charge in [-0.05, 0) is 25.2 Å². The topological polar surface area (TPSA) is 46.2 Å². The van der Waals surface area contributed by atoms with Crippen molar-refractivity contribution in [3.05, 3.63) is 0 Å². The Morgan fingerprint density at radius 2 is 1.71 bits per heavy atom. The quantitative estimate of drug-likeness (QED) is 0.763. The fraction of sp³-hybridized carbons (Fsp3) is 0.846. The maximum Gasteiger partial charge on any atom is 0.257 e. The van der Waals surface area contributed by atoms with Gasteiger partial charge < -0.3 is 10.1 Å². The zero-order valence-electron chi connectivity index (χ0n) is 11.9. The third-order valence-corrected chi connectivity index (χ3v) is 1.88. The van der Waals surface area contributed by atoms with Gasteiger partial charge in [-0.15, -0.1) is 0 Å². The maximum atomic E-state index is 13.1. The molecule has 1 N–H and O–H groups in total. The van der Waals surface area contributed by atoms with Gasteiger partial charge in [0.1, 0.15) is 6.29 Å². The standard InChI is InChI=1S/C9H16FNO.C2H4O.C2H6/c1-8(2,3)6-11-7(12)9(10)4-5-9;1-2-3;1-2/h4-6H2,1-3H3,(H,11,12);2H,1H3;1-2H3. The van der Waals surface area contributed by atoms with Crippen LogP contribution in [0.3, 0.4) is 0 Å². The highest BCUT2D eigenvalue weighted by Gasteiger charge is 2.50. The molecule has 1 fully saturated rings. The van der Waals surface area contributed by atoms with E-state index in [1.807, 2.05) is 34.6 Å². The molecule has 0 spiro atoms. The Labute approximate surface area is 104 Å². The van der Waals surface area contributed by atoms with Crippen molar-refractivity contribution < 1.29 is 14.0 Å². The average molecular weight is 247 g/mol. The molecule has 17 heavy (non-hydrogen) atoms. The Morgan fingerprint density at radius 1 is 1.35 bits per heavy atom. The van der Waals surface area contributed by atoms with Gasteiger partial charge in [0.2, 0.25) is 0 Å². The predicted molar refractivity (Wildman–Crippen MR) is 68.6 cm³/mol. The lowest BCUT2D eigenvalue weighted by Gasteiger charge is -2.19. The van der Waals surface area contributed by atoms with E-state index in [9.17, 15) is 9.18 Å². The van der Waals surface area contributed by atoms with Gasteiger partial charge in [-0.3, -0.25) is 4.79 Å². The first-order chi connectivity index (χ1) is 7.75. The number of carbonyl (C=O) groups excluding carboxylic acids is 2. The molecule has 1 rings (SSSR count). The maximum absolute atomic E-state index is 13.1. The Hall–Kier alpha value is -0.930. The molecule has 102 valence electrons. The monoisotopic (exact) mass is 247 g/mol. The Kier molecular flexibility index (Phi) is 8.90. The number of amides is 1. The molecule has 0 aromatic rings. The normalized spacial score (nSPS) is 15.5. The molecule has 0 bridgehead atoms. The van der Waals surface area contributed by atoms with Crippen LogP contribution in [0.2, 0.25) is 0 Å². The van der Waals surface area contributed by atoms with E-state index in [2.05, 4.69) is 5.32 Å². The summed E-state index contributed by atoms with van der Waals surface area (Å²) < 4.78 is 13.1. The van der Waals surface area contributed by atoms with Crippen molar-refractivity contribution in [3.8, 4) is 0 Å². The predicted octanol–water partition coefficient (Wildman–Crippen LogP) is 2.88. The lowest BCUT2D eigenvalue weighted by atomic mass is 9.97. The van der Waals surface area contributed by atoms with Crippen LogP contribution in [0, 0.1) is 5.41 Å². The number of rotatable bonds is 2. The van der Waals surface area contributed by atoms with E-state index in [4.69, 9.17) is 4.79 Å². The summed E-state index contributed by atoms with van der Waals surface area (Å²) in [6, 6.07) is 0. The number of aldehydes is 1. The molecule has 0 aliphatic heterocycles. The van der Waals surface area contributed by atoms with E-state index in [-0.39, 0.29) is 5.41 Å². The van der Waals surface area contributed by atoms with Crippen LogP contribution < -0.4 is 5.32 Å². The van der Waals surface area contributed by atoms with Crippen LogP contribution in [-0.4, -0.2) is 24.4 Å². The minimum Gasteiger partial charge on any atom is -0.353 e. The van der Waals surface area contributed by atoms with Gasteiger partial charge in [0.05, 0.1) is 0 Å². The molecule has 0 unspecified atom stereocenters. The molecule has 0 aromatic carbocycles. The Morgan fingerprint density at radius 3 is 1.94 bits per heavy atom. The third kappa shape index (κ3) is 9.97. The lowest BCUT2D eigenvalue weighted by Crippen LogP contribution is -2.38. The molecular weight excluding hydrogens is 221 g/mol. The molecule has 0 heterocycles. The van der Waals surface area contributed by atoms with Gasteiger partial charge >= 0.3 is 0 Å². The summed E-state index contributed by atoms with van der Waals surface area (Å²) in [5, 5.41) is 2.61. The number of hydrogen-bond acceptors (Lipinski definition) is 2. The summed E-state index contributed by atoms with van der Waals surface area (Å²) in [4.78, 5) is 19.9. The van der Waals surface area contributed by atoms with E-state index in [0.29, 0.717) is 19.4 Å². The van der Waals surface area contributed by atoms with E-state index in [0.717, 1.165) is 6.29 Å². The van der Waals surface area contributed by atoms with Gasteiger partial charge in [-0.2, -0.15) is 0 Å². The number of carbonyl (C=O) groups is 2. The van der Waals surface area contributed by atoms with Gasteiger partial charge in [0.25, 0.3) is 5.91 Å². The minimum atomic E-state index is -1.52. The second-order valence-corrected chi connectivity index (χ2v) is 4.94. The fourth-order valence-corrected chi connectivity index (χ4v) is 0.841. The third-order valence-electron chi connectivity index (χ3n) is 1.88. The second-order valence-electron chi connectivity index (χ2n) is 4.94. The molecule has 1 aliphatic carbocycles. The Balaban J connectivity index is 0. The smallest absolute Gasteiger partial charge is 0.257 e. The van der Waals surface area contributed by atoms with E-state index in [1.165, 1.54) is 6.92 Å². The molecule has 0 atom stereocenters. The van der Waals surface area contributed by atoms with Crippen molar-refractivity contribution in [3.63, 3.8) is 0 Å². The molecule has 4 heteroatoms. The highest BCUT2D eigenvalue weighted by atomic mass is 19.1. The summed E-state index contributed by atoms with van der Waals surface area (Å²) in [5.41, 5.74) is -1.49. The second kappa shape index (κ2) is 8.20. The van der Waals surface area contributed by atoms with Crippen LogP contribution in [0.5, 0.6) is 0 Å².